The third kappa shape index (κ3) is 4.68. The van der Waals surface area contributed by atoms with Crippen LogP contribution in [-0.4, -0.2) is 35.6 Å². The van der Waals surface area contributed by atoms with Crippen molar-refractivity contribution < 1.29 is 18.7 Å². The van der Waals surface area contributed by atoms with E-state index in [0.29, 0.717) is 30.8 Å². The number of likely N-dealkylation sites (tertiary alicyclic amines) is 1. The molecule has 2 rings (SSSR count). The SMILES string of the molecule is Cc1ccc(NC(=O)C2CCN(C(=O)OC(C)(C)C)C2)cc1F. The molecule has 1 saturated heterocycles. The molecule has 1 aromatic rings. The quantitative estimate of drug-likeness (QED) is 0.908. The van der Waals surface area contributed by atoms with Crippen molar-refractivity contribution in [3.05, 3.63) is 29.6 Å². The molecule has 1 unspecified atom stereocenters. The number of aryl methyl sites for hydroxylation is 1. The van der Waals surface area contributed by atoms with Crippen molar-refractivity contribution in [3.8, 4) is 0 Å². The molecule has 0 spiro atoms. The number of hydrogen-bond donors (Lipinski definition) is 1. The minimum absolute atomic E-state index is 0.209. The van der Waals surface area contributed by atoms with Gasteiger partial charge >= 0.3 is 6.09 Å². The van der Waals surface area contributed by atoms with Crippen LogP contribution in [0.3, 0.4) is 0 Å². The number of nitrogens with one attached hydrogen (secondary N) is 1. The molecule has 1 heterocycles. The zero-order chi connectivity index (χ0) is 17.2. The fraction of sp³-hybridized carbons (Fsp3) is 0.529. The summed E-state index contributed by atoms with van der Waals surface area (Å²) in [4.78, 5) is 25.8. The minimum atomic E-state index is -0.559. The minimum Gasteiger partial charge on any atom is -0.444 e. The number of amides is 2. The lowest BCUT2D eigenvalue weighted by atomic mass is 10.1. The Bertz CT molecular complexity index is 610. The van der Waals surface area contributed by atoms with E-state index in [1.807, 2.05) is 0 Å². The third-order valence-corrected chi connectivity index (χ3v) is 3.65. The Balaban J connectivity index is 1.92. The first kappa shape index (κ1) is 17.2. The molecule has 6 heteroatoms. The van der Waals surface area contributed by atoms with E-state index in [4.69, 9.17) is 4.74 Å². The van der Waals surface area contributed by atoms with Crippen LogP contribution >= 0.6 is 0 Å². The average Bonchev–Trinajstić information content (AvgIpc) is 2.91. The van der Waals surface area contributed by atoms with Gasteiger partial charge in [-0.2, -0.15) is 0 Å². The molecule has 0 bridgehead atoms. The number of halogens is 1. The Hall–Kier alpha value is -2.11. The Morgan fingerprint density at radius 1 is 1.35 bits per heavy atom. The fourth-order valence-corrected chi connectivity index (χ4v) is 2.38. The highest BCUT2D eigenvalue weighted by Gasteiger charge is 2.33. The maximum absolute atomic E-state index is 13.5. The molecule has 1 aliphatic rings. The van der Waals surface area contributed by atoms with Crippen molar-refractivity contribution >= 4 is 17.7 Å². The van der Waals surface area contributed by atoms with E-state index in [0.717, 1.165) is 0 Å². The van der Waals surface area contributed by atoms with E-state index in [2.05, 4.69) is 5.32 Å². The largest absolute Gasteiger partial charge is 0.444 e. The number of carbonyl (C=O) groups excluding carboxylic acids is 2. The van der Waals surface area contributed by atoms with Crippen molar-refractivity contribution in [1.82, 2.24) is 4.90 Å². The van der Waals surface area contributed by atoms with Crippen molar-refractivity contribution in [2.24, 2.45) is 5.92 Å². The standard InChI is InChI=1S/C17H23FN2O3/c1-11-5-6-13(9-14(11)18)19-15(21)12-7-8-20(10-12)16(22)23-17(2,3)4/h5-6,9,12H,7-8,10H2,1-4H3,(H,19,21). The first-order valence-corrected chi connectivity index (χ1v) is 7.70. The Labute approximate surface area is 135 Å². The van der Waals surface area contributed by atoms with E-state index >= 15 is 0 Å². The number of anilines is 1. The van der Waals surface area contributed by atoms with Crippen LogP contribution in [0.4, 0.5) is 14.9 Å². The van der Waals surface area contributed by atoms with Crippen LogP contribution in [0.2, 0.25) is 0 Å². The topological polar surface area (TPSA) is 58.6 Å². The van der Waals surface area contributed by atoms with Gasteiger partial charge in [0, 0.05) is 18.8 Å². The van der Waals surface area contributed by atoms with Gasteiger partial charge in [0.1, 0.15) is 11.4 Å². The summed E-state index contributed by atoms with van der Waals surface area (Å²) in [6.07, 6.45) is 0.161. The predicted molar refractivity (Wildman–Crippen MR) is 85.7 cm³/mol. The molecule has 1 fully saturated rings. The van der Waals surface area contributed by atoms with Crippen LogP contribution in [0.5, 0.6) is 0 Å². The van der Waals surface area contributed by atoms with Gasteiger partial charge in [0.15, 0.2) is 0 Å². The van der Waals surface area contributed by atoms with E-state index in [-0.39, 0.29) is 17.6 Å². The highest BCUT2D eigenvalue weighted by Crippen LogP contribution is 2.22. The number of ether oxygens (including phenoxy) is 1. The zero-order valence-electron chi connectivity index (χ0n) is 14.0. The van der Waals surface area contributed by atoms with Crippen LogP contribution in [0.25, 0.3) is 0 Å². The lowest BCUT2D eigenvalue weighted by Crippen LogP contribution is -2.36. The molecule has 0 aromatic heterocycles. The van der Waals surface area contributed by atoms with Crippen LogP contribution < -0.4 is 5.32 Å². The normalized spacial score (nSPS) is 18.0. The molecule has 23 heavy (non-hydrogen) atoms. The molecule has 1 atom stereocenters. The van der Waals surface area contributed by atoms with Crippen LogP contribution in [0, 0.1) is 18.7 Å². The molecule has 0 aliphatic carbocycles. The van der Waals surface area contributed by atoms with Crippen molar-refractivity contribution in [3.63, 3.8) is 0 Å². The molecule has 126 valence electrons. The highest BCUT2D eigenvalue weighted by atomic mass is 19.1. The molecular weight excluding hydrogens is 299 g/mol. The molecule has 1 N–H and O–H groups in total. The number of hydrogen-bond acceptors (Lipinski definition) is 3. The fourth-order valence-electron chi connectivity index (χ4n) is 2.38. The van der Waals surface area contributed by atoms with Gasteiger partial charge in [0.05, 0.1) is 5.92 Å². The van der Waals surface area contributed by atoms with Crippen LogP contribution in [0.15, 0.2) is 18.2 Å². The number of nitrogens with zero attached hydrogens (tertiary/aromatic N) is 1. The van der Waals surface area contributed by atoms with Gasteiger partial charge in [-0.15, -0.1) is 0 Å². The maximum atomic E-state index is 13.5. The zero-order valence-corrected chi connectivity index (χ0v) is 14.0. The summed E-state index contributed by atoms with van der Waals surface area (Å²) in [6, 6.07) is 4.58. The van der Waals surface area contributed by atoms with Gasteiger partial charge in [-0.1, -0.05) is 6.07 Å². The molecule has 5 nitrogen and oxygen atoms in total. The van der Waals surface area contributed by atoms with Gasteiger partial charge in [-0.05, 0) is 51.8 Å². The second-order valence-electron chi connectivity index (χ2n) is 6.87. The molecule has 2 amide bonds. The summed E-state index contributed by atoms with van der Waals surface area (Å²) >= 11 is 0. The summed E-state index contributed by atoms with van der Waals surface area (Å²) < 4.78 is 18.8. The number of carbonyl (C=O) groups is 2. The average molecular weight is 322 g/mol. The van der Waals surface area contributed by atoms with Crippen molar-refractivity contribution in [1.29, 1.82) is 0 Å². The monoisotopic (exact) mass is 322 g/mol. The Morgan fingerprint density at radius 2 is 2.04 bits per heavy atom. The highest BCUT2D eigenvalue weighted by molar-refractivity contribution is 5.93. The molecule has 0 saturated carbocycles. The lowest BCUT2D eigenvalue weighted by Gasteiger charge is -2.24. The predicted octanol–water partition coefficient (Wildman–Crippen LogP) is 3.33. The van der Waals surface area contributed by atoms with Crippen molar-refractivity contribution in [2.75, 3.05) is 18.4 Å². The van der Waals surface area contributed by atoms with E-state index in [9.17, 15) is 14.0 Å². The van der Waals surface area contributed by atoms with E-state index in [1.54, 1.807) is 39.8 Å². The van der Waals surface area contributed by atoms with Gasteiger partial charge < -0.3 is 15.0 Å². The molecule has 1 aromatic carbocycles. The Kier molecular flexibility index (Phi) is 4.92. The number of benzene rings is 1. The lowest BCUT2D eigenvalue weighted by molar-refractivity contribution is -0.119. The molecule has 1 aliphatic heterocycles. The summed E-state index contributed by atoms with van der Waals surface area (Å²) in [5, 5.41) is 2.70. The van der Waals surface area contributed by atoms with E-state index in [1.165, 1.54) is 11.0 Å². The second kappa shape index (κ2) is 6.56. The van der Waals surface area contributed by atoms with Gasteiger partial charge in [0.25, 0.3) is 0 Å². The van der Waals surface area contributed by atoms with Gasteiger partial charge in [-0.3, -0.25) is 4.79 Å². The first-order chi connectivity index (χ1) is 10.7. The van der Waals surface area contributed by atoms with Crippen molar-refractivity contribution in [2.45, 2.75) is 39.7 Å². The summed E-state index contributed by atoms with van der Waals surface area (Å²) in [5.74, 6) is -0.879. The third-order valence-electron chi connectivity index (χ3n) is 3.65. The molecular formula is C17H23FN2O3. The van der Waals surface area contributed by atoms with Crippen LogP contribution in [-0.2, 0) is 9.53 Å². The first-order valence-electron chi connectivity index (χ1n) is 7.70. The number of rotatable bonds is 2. The Morgan fingerprint density at radius 3 is 2.65 bits per heavy atom. The maximum Gasteiger partial charge on any atom is 0.410 e. The van der Waals surface area contributed by atoms with Gasteiger partial charge in [0.2, 0.25) is 5.91 Å². The van der Waals surface area contributed by atoms with Gasteiger partial charge in [-0.25, -0.2) is 9.18 Å². The summed E-state index contributed by atoms with van der Waals surface area (Å²) in [5.41, 5.74) is 0.394. The van der Waals surface area contributed by atoms with Crippen LogP contribution in [0.1, 0.15) is 32.8 Å². The molecule has 0 radical (unpaired) electrons. The summed E-state index contributed by atoms with van der Waals surface area (Å²) in [7, 11) is 0. The summed E-state index contributed by atoms with van der Waals surface area (Å²) in [6.45, 7) is 7.87. The second-order valence-corrected chi connectivity index (χ2v) is 6.87. The van der Waals surface area contributed by atoms with E-state index < -0.39 is 11.7 Å². The smallest absolute Gasteiger partial charge is 0.410 e.